The smallest absolute Gasteiger partial charge is 0.295 e. The van der Waals surface area contributed by atoms with Crippen LogP contribution in [-0.4, -0.2) is 9.91 Å². The second-order valence-electron chi connectivity index (χ2n) is 3.66. The molecule has 0 unspecified atom stereocenters. The predicted octanol–water partition coefficient (Wildman–Crippen LogP) is 2.55. The van der Waals surface area contributed by atoms with E-state index in [1.54, 1.807) is 12.1 Å². The van der Waals surface area contributed by atoms with Crippen LogP contribution in [0.15, 0.2) is 36.5 Å². The van der Waals surface area contributed by atoms with Crippen molar-refractivity contribution in [1.29, 1.82) is 0 Å². The molecular formula is C12H11N3O2. The van der Waals surface area contributed by atoms with E-state index in [0.717, 1.165) is 5.56 Å². The maximum absolute atomic E-state index is 10.9. The van der Waals surface area contributed by atoms with Crippen molar-refractivity contribution in [3.63, 3.8) is 0 Å². The molecule has 2 aromatic rings. The largest absolute Gasteiger partial charge is 0.398 e. The van der Waals surface area contributed by atoms with Crippen LogP contribution >= 0.6 is 0 Å². The molecule has 0 fully saturated rings. The third kappa shape index (κ3) is 1.94. The molecule has 0 aliphatic rings. The highest BCUT2D eigenvalue weighted by molar-refractivity contribution is 5.81. The molecular weight excluding hydrogens is 218 g/mol. The Bertz CT molecular complexity index is 582. The summed E-state index contributed by atoms with van der Waals surface area (Å²) in [5.74, 6) is 0. The molecule has 0 saturated carbocycles. The van der Waals surface area contributed by atoms with Crippen LogP contribution in [0.5, 0.6) is 0 Å². The van der Waals surface area contributed by atoms with Crippen LogP contribution in [0, 0.1) is 17.0 Å². The summed E-state index contributed by atoms with van der Waals surface area (Å²) < 4.78 is 0. The molecule has 0 amide bonds. The van der Waals surface area contributed by atoms with E-state index in [4.69, 9.17) is 5.73 Å². The summed E-state index contributed by atoms with van der Waals surface area (Å²) >= 11 is 0. The Kier molecular flexibility index (Phi) is 2.74. The second-order valence-corrected chi connectivity index (χ2v) is 3.66. The van der Waals surface area contributed by atoms with Crippen LogP contribution < -0.4 is 5.73 Å². The van der Waals surface area contributed by atoms with Gasteiger partial charge in [-0.3, -0.25) is 10.1 Å². The zero-order chi connectivity index (χ0) is 12.4. The van der Waals surface area contributed by atoms with Crippen LogP contribution in [0.1, 0.15) is 5.56 Å². The molecule has 5 nitrogen and oxygen atoms in total. The lowest BCUT2D eigenvalue weighted by atomic mass is 10.0. The average molecular weight is 229 g/mol. The molecule has 1 aromatic carbocycles. The van der Waals surface area contributed by atoms with Crippen molar-refractivity contribution in [1.82, 2.24) is 4.98 Å². The van der Waals surface area contributed by atoms with E-state index in [0.29, 0.717) is 16.9 Å². The standard InChI is InChI=1S/C12H11N3O2/c1-8-4-2-5-9(11(8)13)12-10(15(16)17)6-3-7-14-12/h2-7H,13H2,1H3. The molecule has 0 aliphatic heterocycles. The number of benzene rings is 1. The van der Waals surface area contributed by atoms with Gasteiger partial charge in [0.1, 0.15) is 5.69 Å². The number of rotatable bonds is 2. The number of hydrogen-bond donors (Lipinski definition) is 1. The van der Waals surface area contributed by atoms with Crippen molar-refractivity contribution in [2.45, 2.75) is 6.92 Å². The molecule has 2 rings (SSSR count). The number of aryl methyl sites for hydroxylation is 1. The molecule has 86 valence electrons. The lowest BCUT2D eigenvalue weighted by molar-refractivity contribution is -0.384. The Hall–Kier alpha value is -2.43. The minimum Gasteiger partial charge on any atom is -0.398 e. The molecule has 0 atom stereocenters. The normalized spacial score (nSPS) is 10.2. The van der Waals surface area contributed by atoms with E-state index >= 15 is 0 Å². The Labute approximate surface area is 98.1 Å². The number of para-hydroxylation sites is 1. The molecule has 0 saturated heterocycles. The minimum absolute atomic E-state index is 0.0372. The Balaban J connectivity index is 2.69. The van der Waals surface area contributed by atoms with Crippen molar-refractivity contribution < 1.29 is 4.92 Å². The quantitative estimate of drug-likeness (QED) is 0.487. The van der Waals surface area contributed by atoms with E-state index in [2.05, 4.69) is 4.98 Å². The predicted molar refractivity (Wildman–Crippen MR) is 65.5 cm³/mol. The fourth-order valence-electron chi connectivity index (χ4n) is 1.64. The fourth-order valence-corrected chi connectivity index (χ4v) is 1.64. The summed E-state index contributed by atoms with van der Waals surface area (Å²) in [6, 6.07) is 8.35. The van der Waals surface area contributed by atoms with E-state index in [-0.39, 0.29) is 5.69 Å². The average Bonchev–Trinajstić information content (AvgIpc) is 2.33. The summed E-state index contributed by atoms with van der Waals surface area (Å²) in [4.78, 5) is 14.5. The molecule has 17 heavy (non-hydrogen) atoms. The maximum Gasteiger partial charge on any atom is 0.295 e. The summed E-state index contributed by atoms with van der Waals surface area (Å²) in [5.41, 5.74) is 8.18. The minimum atomic E-state index is -0.454. The Morgan fingerprint density at radius 2 is 2.06 bits per heavy atom. The van der Waals surface area contributed by atoms with Crippen molar-refractivity contribution in [3.8, 4) is 11.3 Å². The maximum atomic E-state index is 10.9. The van der Waals surface area contributed by atoms with Crippen LogP contribution in [-0.2, 0) is 0 Å². The van der Waals surface area contributed by atoms with Gasteiger partial charge in [0.05, 0.1) is 4.92 Å². The number of nitro groups is 1. The monoisotopic (exact) mass is 229 g/mol. The first-order valence-corrected chi connectivity index (χ1v) is 5.06. The van der Waals surface area contributed by atoms with Gasteiger partial charge in [-0.25, -0.2) is 4.98 Å². The first kappa shape index (κ1) is 11.1. The summed E-state index contributed by atoms with van der Waals surface area (Å²) in [5, 5.41) is 10.9. The Morgan fingerprint density at radius 1 is 1.29 bits per heavy atom. The number of nitrogens with zero attached hydrogens (tertiary/aromatic N) is 2. The number of aromatic nitrogens is 1. The molecule has 0 bridgehead atoms. The molecule has 1 aromatic heterocycles. The second kappa shape index (κ2) is 4.21. The highest BCUT2D eigenvalue weighted by Crippen LogP contribution is 2.32. The molecule has 0 spiro atoms. The third-order valence-electron chi connectivity index (χ3n) is 2.56. The molecule has 5 heteroatoms. The van der Waals surface area contributed by atoms with Gasteiger partial charge in [0.25, 0.3) is 5.69 Å². The van der Waals surface area contributed by atoms with Crippen LogP contribution in [0.4, 0.5) is 11.4 Å². The van der Waals surface area contributed by atoms with E-state index in [1.165, 1.54) is 18.3 Å². The lowest BCUT2D eigenvalue weighted by Gasteiger charge is -2.07. The SMILES string of the molecule is Cc1cccc(-c2ncccc2[N+](=O)[O-])c1N. The number of hydrogen-bond acceptors (Lipinski definition) is 4. The summed E-state index contributed by atoms with van der Waals surface area (Å²) in [7, 11) is 0. The van der Waals surface area contributed by atoms with Gasteiger partial charge in [-0.15, -0.1) is 0 Å². The number of nitrogen functional groups attached to an aromatic ring is 1. The van der Waals surface area contributed by atoms with E-state index in [1.807, 2.05) is 13.0 Å². The van der Waals surface area contributed by atoms with Crippen LogP contribution in [0.2, 0.25) is 0 Å². The first-order valence-electron chi connectivity index (χ1n) is 5.06. The highest BCUT2D eigenvalue weighted by Gasteiger charge is 2.18. The van der Waals surface area contributed by atoms with E-state index < -0.39 is 4.92 Å². The van der Waals surface area contributed by atoms with Crippen LogP contribution in [0.3, 0.4) is 0 Å². The topological polar surface area (TPSA) is 82.0 Å². The van der Waals surface area contributed by atoms with Crippen molar-refractivity contribution >= 4 is 11.4 Å². The summed E-state index contributed by atoms with van der Waals surface area (Å²) in [6.45, 7) is 1.85. The molecule has 1 heterocycles. The van der Waals surface area contributed by atoms with Gasteiger partial charge in [-0.1, -0.05) is 18.2 Å². The lowest BCUT2D eigenvalue weighted by Crippen LogP contribution is -1.98. The number of nitrogens with two attached hydrogens (primary N) is 1. The zero-order valence-electron chi connectivity index (χ0n) is 9.25. The summed E-state index contributed by atoms with van der Waals surface area (Å²) in [6.07, 6.45) is 1.52. The molecule has 2 N–H and O–H groups in total. The van der Waals surface area contributed by atoms with E-state index in [9.17, 15) is 10.1 Å². The van der Waals surface area contributed by atoms with Gasteiger partial charge in [-0.2, -0.15) is 0 Å². The van der Waals surface area contributed by atoms with Crippen molar-refractivity contribution in [3.05, 3.63) is 52.2 Å². The molecule has 0 aliphatic carbocycles. The van der Waals surface area contributed by atoms with Gasteiger partial charge < -0.3 is 5.73 Å². The van der Waals surface area contributed by atoms with Gasteiger partial charge in [-0.05, 0) is 18.6 Å². The van der Waals surface area contributed by atoms with Gasteiger partial charge in [0.15, 0.2) is 0 Å². The van der Waals surface area contributed by atoms with Gasteiger partial charge in [0.2, 0.25) is 0 Å². The van der Waals surface area contributed by atoms with Gasteiger partial charge in [0, 0.05) is 23.5 Å². The highest BCUT2D eigenvalue weighted by atomic mass is 16.6. The van der Waals surface area contributed by atoms with Crippen molar-refractivity contribution in [2.24, 2.45) is 0 Å². The van der Waals surface area contributed by atoms with Crippen LogP contribution in [0.25, 0.3) is 11.3 Å². The molecule has 0 radical (unpaired) electrons. The number of anilines is 1. The fraction of sp³-hybridized carbons (Fsp3) is 0.0833. The van der Waals surface area contributed by atoms with Gasteiger partial charge >= 0.3 is 0 Å². The third-order valence-corrected chi connectivity index (χ3v) is 2.56. The zero-order valence-corrected chi connectivity index (χ0v) is 9.25. The van der Waals surface area contributed by atoms with Crippen molar-refractivity contribution in [2.75, 3.05) is 5.73 Å². The Morgan fingerprint density at radius 3 is 2.76 bits per heavy atom. The number of pyridine rings is 1. The first-order chi connectivity index (χ1) is 8.11.